The Morgan fingerprint density at radius 1 is 1.13 bits per heavy atom. The molecule has 0 saturated heterocycles. The van der Waals surface area contributed by atoms with E-state index < -0.39 is 5.97 Å². The van der Waals surface area contributed by atoms with Crippen molar-refractivity contribution in [1.29, 1.82) is 0 Å². The van der Waals surface area contributed by atoms with Crippen LogP contribution in [0.1, 0.15) is 32.6 Å². The Hall–Kier alpha value is -2.84. The van der Waals surface area contributed by atoms with Gasteiger partial charge in [-0.1, -0.05) is 48.2 Å². The third-order valence-electron chi connectivity index (χ3n) is 4.56. The first-order valence-corrected chi connectivity index (χ1v) is 11.4. The summed E-state index contributed by atoms with van der Waals surface area (Å²) in [5.41, 5.74) is 1.28. The molecular formula is C22H21N3O3S2. The number of furan rings is 1. The second kappa shape index (κ2) is 9.77. The van der Waals surface area contributed by atoms with Crippen LogP contribution < -0.4 is 0 Å². The molecule has 0 N–H and O–H groups in total. The normalized spacial score (nSPS) is 11.0. The number of methoxy groups -OCH3 is 1. The number of esters is 1. The van der Waals surface area contributed by atoms with Crippen LogP contribution in [0.5, 0.6) is 0 Å². The molecule has 0 atom stereocenters. The van der Waals surface area contributed by atoms with E-state index in [1.807, 2.05) is 6.07 Å². The zero-order chi connectivity index (χ0) is 20.8. The highest BCUT2D eigenvalue weighted by Gasteiger charge is 2.16. The van der Waals surface area contributed by atoms with E-state index in [4.69, 9.17) is 9.15 Å². The van der Waals surface area contributed by atoms with E-state index in [-0.39, 0.29) is 5.76 Å². The molecule has 0 fully saturated rings. The average molecular weight is 440 g/mol. The predicted molar refractivity (Wildman–Crippen MR) is 117 cm³/mol. The van der Waals surface area contributed by atoms with Gasteiger partial charge in [0, 0.05) is 17.8 Å². The van der Waals surface area contributed by atoms with Crippen LogP contribution in [0.2, 0.25) is 0 Å². The Morgan fingerprint density at radius 2 is 2.00 bits per heavy atom. The van der Waals surface area contributed by atoms with Crippen molar-refractivity contribution in [3.05, 3.63) is 87.8 Å². The van der Waals surface area contributed by atoms with Gasteiger partial charge in [-0.05, 0) is 35.6 Å². The van der Waals surface area contributed by atoms with E-state index >= 15 is 0 Å². The number of hydrogen-bond acceptors (Lipinski definition) is 7. The monoisotopic (exact) mass is 439 g/mol. The van der Waals surface area contributed by atoms with E-state index in [0.29, 0.717) is 11.5 Å². The first kappa shape index (κ1) is 20.4. The summed E-state index contributed by atoms with van der Waals surface area (Å²) in [5, 5.41) is 11.8. The van der Waals surface area contributed by atoms with Gasteiger partial charge in [0.05, 0.1) is 12.9 Å². The number of carbonyl (C=O) groups excluding carboxylic acids is 1. The minimum Gasteiger partial charge on any atom is -0.463 e. The minimum atomic E-state index is -0.476. The third kappa shape index (κ3) is 5.01. The van der Waals surface area contributed by atoms with Crippen LogP contribution in [0, 0.1) is 0 Å². The van der Waals surface area contributed by atoms with Crippen LogP contribution in [-0.4, -0.2) is 27.8 Å². The van der Waals surface area contributed by atoms with Crippen LogP contribution in [0.3, 0.4) is 0 Å². The van der Waals surface area contributed by atoms with Crippen LogP contribution in [0.4, 0.5) is 0 Å². The van der Waals surface area contributed by atoms with Crippen LogP contribution in [-0.2, 0) is 29.9 Å². The Kier molecular flexibility index (Phi) is 6.66. The minimum absolute atomic E-state index is 0.206. The molecule has 0 bridgehead atoms. The second-order valence-electron chi connectivity index (χ2n) is 6.59. The molecule has 0 aliphatic carbocycles. The number of hydrogen-bond donors (Lipinski definition) is 0. The van der Waals surface area contributed by atoms with Crippen LogP contribution >= 0.6 is 23.1 Å². The highest BCUT2D eigenvalue weighted by Crippen LogP contribution is 2.25. The number of aryl methyl sites for hydroxylation is 1. The molecule has 0 aliphatic rings. The number of rotatable bonds is 9. The number of carbonyl (C=O) groups is 1. The summed E-state index contributed by atoms with van der Waals surface area (Å²) in [6.45, 7) is 0.797. The van der Waals surface area contributed by atoms with Gasteiger partial charge >= 0.3 is 5.97 Å². The third-order valence-corrected chi connectivity index (χ3v) is 6.43. The Balaban J connectivity index is 1.50. The standard InChI is InChI=1S/C22H21N3O3S2/c1-27-21(26)19-10-9-17(28-19)15-30-22-24-23-20(14-18-8-5-13-29-18)25(22)12-11-16-6-3-2-4-7-16/h2-10,13H,11-12,14-15H2,1H3. The van der Waals surface area contributed by atoms with Crippen molar-refractivity contribution in [3.63, 3.8) is 0 Å². The Morgan fingerprint density at radius 3 is 2.77 bits per heavy atom. The van der Waals surface area contributed by atoms with Gasteiger partial charge in [-0.3, -0.25) is 0 Å². The predicted octanol–water partition coefficient (Wildman–Crippen LogP) is 4.85. The summed E-state index contributed by atoms with van der Waals surface area (Å²) in [6, 6.07) is 18.0. The maximum atomic E-state index is 11.6. The van der Waals surface area contributed by atoms with E-state index in [2.05, 4.69) is 56.5 Å². The molecule has 0 aliphatic heterocycles. The Bertz CT molecular complexity index is 1090. The van der Waals surface area contributed by atoms with Gasteiger partial charge in [-0.25, -0.2) is 4.79 Å². The maximum Gasteiger partial charge on any atom is 0.373 e. The van der Waals surface area contributed by atoms with Crippen molar-refractivity contribution in [3.8, 4) is 0 Å². The largest absolute Gasteiger partial charge is 0.463 e. The van der Waals surface area contributed by atoms with Gasteiger partial charge in [0.2, 0.25) is 5.76 Å². The molecule has 4 rings (SSSR count). The molecule has 1 aromatic carbocycles. The van der Waals surface area contributed by atoms with Crippen molar-refractivity contribution >= 4 is 29.1 Å². The lowest BCUT2D eigenvalue weighted by molar-refractivity contribution is 0.0563. The quantitative estimate of drug-likeness (QED) is 0.274. The fourth-order valence-electron chi connectivity index (χ4n) is 3.04. The first-order valence-electron chi connectivity index (χ1n) is 9.51. The number of ether oxygens (including phenoxy) is 1. The fourth-order valence-corrected chi connectivity index (χ4v) is 4.62. The fraction of sp³-hybridized carbons (Fsp3) is 0.227. The second-order valence-corrected chi connectivity index (χ2v) is 8.56. The molecule has 3 aromatic heterocycles. The molecule has 30 heavy (non-hydrogen) atoms. The zero-order valence-corrected chi connectivity index (χ0v) is 18.1. The van der Waals surface area contributed by atoms with Crippen LogP contribution in [0.25, 0.3) is 0 Å². The van der Waals surface area contributed by atoms with E-state index in [1.165, 1.54) is 17.6 Å². The summed E-state index contributed by atoms with van der Waals surface area (Å²) in [6.07, 6.45) is 1.66. The SMILES string of the molecule is COC(=O)c1ccc(CSc2nnc(Cc3cccs3)n2CCc2ccccc2)o1. The Labute approximate surface area is 182 Å². The highest BCUT2D eigenvalue weighted by atomic mass is 32.2. The number of thioether (sulfide) groups is 1. The first-order chi connectivity index (χ1) is 14.7. The number of benzene rings is 1. The smallest absolute Gasteiger partial charge is 0.373 e. The molecule has 0 saturated carbocycles. The number of nitrogens with zero attached hydrogens (tertiary/aromatic N) is 3. The number of aromatic nitrogens is 3. The molecule has 154 valence electrons. The lowest BCUT2D eigenvalue weighted by Crippen LogP contribution is -2.08. The average Bonchev–Trinajstić information content (AvgIpc) is 3.53. The lowest BCUT2D eigenvalue weighted by atomic mass is 10.1. The molecule has 6 nitrogen and oxygen atoms in total. The lowest BCUT2D eigenvalue weighted by Gasteiger charge is -2.10. The molecule has 8 heteroatoms. The van der Waals surface area contributed by atoms with Crippen molar-refractivity contribution in [2.75, 3.05) is 7.11 Å². The van der Waals surface area contributed by atoms with Crippen molar-refractivity contribution < 1.29 is 13.9 Å². The summed E-state index contributed by atoms with van der Waals surface area (Å²) < 4.78 is 12.4. The van der Waals surface area contributed by atoms with Crippen LogP contribution in [0.15, 0.2) is 69.6 Å². The van der Waals surface area contributed by atoms with E-state index in [9.17, 15) is 4.79 Å². The summed E-state index contributed by atoms with van der Waals surface area (Å²) in [5.74, 6) is 1.93. The number of thiophene rings is 1. The van der Waals surface area contributed by atoms with Crippen molar-refractivity contribution in [2.45, 2.75) is 30.3 Å². The van der Waals surface area contributed by atoms with Gasteiger partial charge in [0.25, 0.3) is 0 Å². The molecule has 4 aromatic rings. The van der Waals surface area contributed by atoms with Gasteiger partial charge in [0.1, 0.15) is 11.6 Å². The highest BCUT2D eigenvalue weighted by molar-refractivity contribution is 7.98. The summed E-state index contributed by atoms with van der Waals surface area (Å²) in [7, 11) is 1.34. The maximum absolute atomic E-state index is 11.6. The molecule has 0 unspecified atom stereocenters. The molecular weight excluding hydrogens is 418 g/mol. The molecule has 0 amide bonds. The van der Waals surface area contributed by atoms with Crippen molar-refractivity contribution in [1.82, 2.24) is 14.8 Å². The van der Waals surface area contributed by atoms with Crippen molar-refractivity contribution in [2.24, 2.45) is 0 Å². The summed E-state index contributed by atoms with van der Waals surface area (Å²) in [4.78, 5) is 12.8. The molecule has 0 spiro atoms. The van der Waals surface area contributed by atoms with Gasteiger partial charge in [-0.15, -0.1) is 21.5 Å². The topological polar surface area (TPSA) is 70.2 Å². The van der Waals surface area contributed by atoms with Gasteiger partial charge in [-0.2, -0.15) is 0 Å². The molecule has 0 radical (unpaired) electrons. The van der Waals surface area contributed by atoms with Gasteiger partial charge < -0.3 is 13.7 Å². The molecule has 3 heterocycles. The van der Waals surface area contributed by atoms with E-state index in [0.717, 1.165) is 30.4 Å². The van der Waals surface area contributed by atoms with E-state index in [1.54, 1.807) is 35.2 Å². The zero-order valence-electron chi connectivity index (χ0n) is 16.5. The summed E-state index contributed by atoms with van der Waals surface area (Å²) >= 11 is 3.27. The van der Waals surface area contributed by atoms with Gasteiger partial charge in [0.15, 0.2) is 5.16 Å².